The fourth-order valence-electron chi connectivity index (χ4n) is 1.82. The van der Waals surface area contributed by atoms with Crippen molar-refractivity contribution in [3.8, 4) is 5.75 Å². The molecule has 20 heavy (non-hydrogen) atoms. The van der Waals surface area contributed by atoms with Gasteiger partial charge in [0, 0.05) is 6.04 Å². The fourth-order valence-corrected chi connectivity index (χ4v) is 1.82. The van der Waals surface area contributed by atoms with Gasteiger partial charge in [0.15, 0.2) is 0 Å². The van der Waals surface area contributed by atoms with Crippen LogP contribution >= 0.6 is 0 Å². The smallest absolute Gasteiger partial charge is 0.146 e. The summed E-state index contributed by atoms with van der Waals surface area (Å²) in [6.45, 7) is 7.04. The highest BCUT2D eigenvalue weighted by atomic mass is 19.1. The summed E-state index contributed by atoms with van der Waals surface area (Å²) in [5, 5.41) is 3.29. The number of benzene rings is 1. The minimum atomic E-state index is -0.255. The molecular weight excluding hydrogens is 257 g/mol. The molecular formula is C16H20FNO2. The molecule has 0 unspecified atom stereocenters. The van der Waals surface area contributed by atoms with Crippen LogP contribution < -0.4 is 10.1 Å². The van der Waals surface area contributed by atoms with Crippen molar-refractivity contribution in [2.45, 2.75) is 40.0 Å². The summed E-state index contributed by atoms with van der Waals surface area (Å²) >= 11 is 0. The van der Waals surface area contributed by atoms with Gasteiger partial charge in [-0.3, -0.25) is 0 Å². The van der Waals surface area contributed by atoms with Crippen molar-refractivity contribution in [1.82, 2.24) is 5.32 Å². The summed E-state index contributed by atoms with van der Waals surface area (Å²) in [5.41, 5.74) is 0.776. The third-order valence-corrected chi connectivity index (χ3v) is 2.91. The third kappa shape index (κ3) is 4.10. The van der Waals surface area contributed by atoms with Crippen LogP contribution in [0, 0.1) is 12.7 Å². The van der Waals surface area contributed by atoms with Gasteiger partial charge < -0.3 is 14.5 Å². The molecule has 0 spiro atoms. The Labute approximate surface area is 118 Å². The number of nitrogens with one attached hydrogen (secondary N) is 1. The summed E-state index contributed by atoms with van der Waals surface area (Å²) in [6.07, 6.45) is 0. The maximum atomic E-state index is 13.0. The topological polar surface area (TPSA) is 34.4 Å². The SMILES string of the molecule is Cc1cc(F)ccc1OCc1ccc(CNC(C)C)o1. The molecule has 0 bridgehead atoms. The number of rotatable bonds is 6. The number of ether oxygens (including phenoxy) is 1. The lowest BCUT2D eigenvalue weighted by molar-refractivity contribution is 0.263. The largest absolute Gasteiger partial charge is 0.485 e. The average molecular weight is 277 g/mol. The van der Waals surface area contributed by atoms with Crippen molar-refractivity contribution in [1.29, 1.82) is 0 Å². The van der Waals surface area contributed by atoms with Crippen LogP contribution in [0.1, 0.15) is 30.9 Å². The van der Waals surface area contributed by atoms with Gasteiger partial charge in [0.25, 0.3) is 0 Å². The monoisotopic (exact) mass is 277 g/mol. The van der Waals surface area contributed by atoms with E-state index >= 15 is 0 Å². The minimum absolute atomic E-state index is 0.255. The van der Waals surface area contributed by atoms with E-state index in [9.17, 15) is 4.39 Å². The van der Waals surface area contributed by atoms with E-state index in [4.69, 9.17) is 9.15 Å². The van der Waals surface area contributed by atoms with E-state index < -0.39 is 0 Å². The first-order valence-electron chi connectivity index (χ1n) is 6.74. The van der Waals surface area contributed by atoms with Crippen LogP contribution in [0.5, 0.6) is 5.75 Å². The van der Waals surface area contributed by atoms with Crippen LogP contribution in [0.3, 0.4) is 0 Å². The minimum Gasteiger partial charge on any atom is -0.485 e. The molecule has 0 aliphatic rings. The highest BCUT2D eigenvalue weighted by Crippen LogP contribution is 2.20. The van der Waals surface area contributed by atoms with Gasteiger partial charge in [0.1, 0.15) is 29.7 Å². The van der Waals surface area contributed by atoms with Crippen LogP contribution in [-0.4, -0.2) is 6.04 Å². The Morgan fingerprint density at radius 1 is 1.20 bits per heavy atom. The first kappa shape index (κ1) is 14.6. The molecule has 0 saturated heterocycles. The zero-order valence-corrected chi connectivity index (χ0v) is 12.1. The molecule has 2 aromatic rings. The molecule has 0 amide bonds. The first-order valence-corrected chi connectivity index (χ1v) is 6.74. The number of halogens is 1. The van der Waals surface area contributed by atoms with Gasteiger partial charge >= 0.3 is 0 Å². The molecule has 1 aromatic heterocycles. The summed E-state index contributed by atoms with van der Waals surface area (Å²) in [7, 11) is 0. The van der Waals surface area contributed by atoms with Crippen molar-refractivity contribution in [3.05, 3.63) is 53.2 Å². The average Bonchev–Trinajstić information content (AvgIpc) is 2.83. The van der Waals surface area contributed by atoms with Crippen LogP contribution in [0.4, 0.5) is 4.39 Å². The van der Waals surface area contributed by atoms with Crippen molar-refractivity contribution >= 4 is 0 Å². The molecule has 108 valence electrons. The lowest BCUT2D eigenvalue weighted by atomic mass is 10.2. The number of aryl methyl sites for hydroxylation is 1. The quantitative estimate of drug-likeness (QED) is 0.872. The number of hydrogen-bond acceptors (Lipinski definition) is 3. The van der Waals surface area contributed by atoms with Gasteiger partial charge in [-0.25, -0.2) is 4.39 Å². The van der Waals surface area contributed by atoms with E-state index in [1.165, 1.54) is 12.1 Å². The lowest BCUT2D eigenvalue weighted by Crippen LogP contribution is -2.21. The Morgan fingerprint density at radius 3 is 2.65 bits per heavy atom. The molecule has 4 heteroatoms. The molecule has 0 aliphatic heterocycles. The highest BCUT2D eigenvalue weighted by Gasteiger charge is 2.06. The van der Waals surface area contributed by atoms with Gasteiger partial charge in [0.2, 0.25) is 0 Å². The van der Waals surface area contributed by atoms with Gasteiger partial charge in [-0.2, -0.15) is 0 Å². The second-order valence-corrected chi connectivity index (χ2v) is 5.10. The van der Waals surface area contributed by atoms with E-state index in [-0.39, 0.29) is 5.82 Å². The Balaban J connectivity index is 1.90. The molecule has 2 rings (SSSR count). The maximum Gasteiger partial charge on any atom is 0.146 e. The summed E-state index contributed by atoms with van der Waals surface area (Å²) in [4.78, 5) is 0. The number of furan rings is 1. The molecule has 0 radical (unpaired) electrons. The maximum absolute atomic E-state index is 13.0. The predicted molar refractivity (Wildman–Crippen MR) is 76.2 cm³/mol. The predicted octanol–water partition coefficient (Wildman–Crippen LogP) is 3.80. The zero-order valence-electron chi connectivity index (χ0n) is 12.1. The van der Waals surface area contributed by atoms with Gasteiger partial charge in [-0.1, -0.05) is 13.8 Å². The Hall–Kier alpha value is -1.81. The zero-order chi connectivity index (χ0) is 14.5. The van der Waals surface area contributed by atoms with Crippen molar-refractivity contribution in [3.63, 3.8) is 0 Å². The van der Waals surface area contributed by atoms with Gasteiger partial charge in [-0.15, -0.1) is 0 Å². The van der Waals surface area contributed by atoms with Gasteiger partial charge in [-0.05, 0) is 42.8 Å². The van der Waals surface area contributed by atoms with Crippen LogP contribution in [-0.2, 0) is 13.2 Å². The van der Waals surface area contributed by atoms with E-state index in [0.29, 0.717) is 24.9 Å². The van der Waals surface area contributed by atoms with Crippen molar-refractivity contribution in [2.75, 3.05) is 0 Å². The second-order valence-electron chi connectivity index (χ2n) is 5.10. The molecule has 0 aliphatic carbocycles. The van der Waals surface area contributed by atoms with E-state index in [1.807, 2.05) is 19.1 Å². The first-order chi connectivity index (χ1) is 9.54. The van der Waals surface area contributed by atoms with E-state index in [0.717, 1.165) is 17.1 Å². The Bertz CT molecular complexity index is 563. The molecule has 1 aromatic carbocycles. The molecule has 0 fully saturated rings. The summed E-state index contributed by atoms with van der Waals surface area (Å²) in [6, 6.07) is 8.73. The van der Waals surface area contributed by atoms with Gasteiger partial charge in [0.05, 0.1) is 6.54 Å². The van der Waals surface area contributed by atoms with Crippen LogP contribution in [0.25, 0.3) is 0 Å². The third-order valence-electron chi connectivity index (χ3n) is 2.91. The number of hydrogen-bond donors (Lipinski definition) is 1. The molecule has 3 nitrogen and oxygen atoms in total. The Morgan fingerprint density at radius 2 is 1.95 bits per heavy atom. The molecule has 0 atom stereocenters. The highest BCUT2D eigenvalue weighted by molar-refractivity contribution is 5.32. The molecule has 0 saturated carbocycles. The van der Waals surface area contributed by atoms with Crippen LogP contribution in [0.2, 0.25) is 0 Å². The standard InChI is InChI=1S/C16H20FNO2/c1-11(2)18-9-14-5-6-15(20-14)10-19-16-7-4-13(17)8-12(16)3/h4-8,11,18H,9-10H2,1-3H3. The second kappa shape index (κ2) is 6.57. The van der Waals surface area contributed by atoms with E-state index in [2.05, 4.69) is 19.2 Å². The fraction of sp³-hybridized carbons (Fsp3) is 0.375. The van der Waals surface area contributed by atoms with Crippen molar-refractivity contribution < 1.29 is 13.5 Å². The summed E-state index contributed by atoms with van der Waals surface area (Å²) < 4.78 is 24.3. The summed E-state index contributed by atoms with van der Waals surface area (Å²) in [5.74, 6) is 2.06. The lowest BCUT2D eigenvalue weighted by Gasteiger charge is -2.08. The molecule has 1 heterocycles. The van der Waals surface area contributed by atoms with E-state index in [1.54, 1.807) is 6.07 Å². The Kier molecular flexibility index (Phi) is 4.79. The van der Waals surface area contributed by atoms with Crippen molar-refractivity contribution in [2.24, 2.45) is 0 Å². The molecule has 1 N–H and O–H groups in total. The normalized spacial score (nSPS) is 11.1. The van der Waals surface area contributed by atoms with Crippen LogP contribution in [0.15, 0.2) is 34.7 Å².